The lowest BCUT2D eigenvalue weighted by molar-refractivity contribution is 0.101. The van der Waals surface area contributed by atoms with Crippen LogP contribution in [0.2, 0.25) is 10.0 Å². The molecule has 37 heavy (non-hydrogen) atoms. The van der Waals surface area contributed by atoms with E-state index in [0.29, 0.717) is 21.6 Å². The molecule has 0 aliphatic rings. The number of benzene rings is 2. The SMILES string of the molecule is Cn1nc2cc(NS(=O)(=O)c3cnn(-c4ncccc4Cl)c3)ccc2c1C(=O)Nc1ccc(F)c(Cl)c1. The van der Waals surface area contributed by atoms with E-state index in [-0.39, 0.29) is 27.1 Å². The molecule has 0 atom stereocenters. The van der Waals surface area contributed by atoms with E-state index in [1.165, 1.54) is 52.2 Å². The number of fused-ring (bicyclic) bond motifs is 1. The van der Waals surface area contributed by atoms with Crippen molar-refractivity contribution in [3.8, 4) is 5.82 Å². The Morgan fingerprint density at radius 3 is 2.59 bits per heavy atom. The zero-order chi connectivity index (χ0) is 26.3. The number of amides is 1. The van der Waals surface area contributed by atoms with Gasteiger partial charge in [-0.25, -0.2) is 22.5 Å². The monoisotopic (exact) mass is 559 g/mol. The standard InChI is InChI=1S/C23H16Cl2FN7O3S/c1-32-21(23(34)29-13-5-7-19(26)18(25)9-13)16-6-4-14(10-20(16)30-32)31-37(35,36)15-11-28-33(12-15)22-17(24)3-2-8-27-22/h2-12,31H,1H3,(H,29,34). The quantitative estimate of drug-likeness (QED) is 0.312. The van der Waals surface area contributed by atoms with Crippen molar-refractivity contribution in [1.82, 2.24) is 24.5 Å². The Kier molecular flexibility index (Phi) is 6.31. The molecule has 0 aliphatic carbocycles. The molecule has 0 unspecified atom stereocenters. The molecule has 0 saturated carbocycles. The highest BCUT2D eigenvalue weighted by Gasteiger charge is 2.21. The Labute approximate surface area is 219 Å². The number of sulfonamides is 1. The molecule has 5 aromatic rings. The lowest BCUT2D eigenvalue weighted by Crippen LogP contribution is -2.16. The van der Waals surface area contributed by atoms with Gasteiger partial charge in [0.05, 0.1) is 33.6 Å². The number of anilines is 2. The molecule has 3 aromatic heterocycles. The fraction of sp³-hybridized carbons (Fsp3) is 0.0435. The summed E-state index contributed by atoms with van der Waals surface area (Å²) in [6.45, 7) is 0. The van der Waals surface area contributed by atoms with Crippen LogP contribution in [0.25, 0.3) is 16.7 Å². The van der Waals surface area contributed by atoms with Crippen LogP contribution in [0.3, 0.4) is 0 Å². The van der Waals surface area contributed by atoms with Crippen LogP contribution in [0.1, 0.15) is 10.5 Å². The summed E-state index contributed by atoms with van der Waals surface area (Å²) in [6.07, 6.45) is 3.98. The number of carbonyl (C=O) groups is 1. The van der Waals surface area contributed by atoms with Crippen LogP contribution in [0.5, 0.6) is 0 Å². The highest BCUT2D eigenvalue weighted by molar-refractivity contribution is 7.92. The summed E-state index contributed by atoms with van der Waals surface area (Å²) in [6, 6.07) is 11.7. The highest BCUT2D eigenvalue weighted by Crippen LogP contribution is 2.26. The Hall–Kier alpha value is -4.00. The first kappa shape index (κ1) is 24.7. The molecule has 2 aromatic carbocycles. The molecule has 0 bridgehead atoms. The van der Waals surface area contributed by atoms with E-state index >= 15 is 0 Å². The summed E-state index contributed by atoms with van der Waals surface area (Å²) in [7, 11) is -2.43. The van der Waals surface area contributed by atoms with Gasteiger partial charge in [-0.2, -0.15) is 10.2 Å². The van der Waals surface area contributed by atoms with Gasteiger partial charge in [0.1, 0.15) is 16.4 Å². The van der Waals surface area contributed by atoms with Gasteiger partial charge in [0.25, 0.3) is 15.9 Å². The lowest BCUT2D eigenvalue weighted by atomic mass is 10.2. The van der Waals surface area contributed by atoms with E-state index in [0.717, 1.165) is 6.07 Å². The highest BCUT2D eigenvalue weighted by atomic mass is 35.5. The van der Waals surface area contributed by atoms with E-state index in [9.17, 15) is 17.6 Å². The van der Waals surface area contributed by atoms with Crippen molar-refractivity contribution in [2.24, 2.45) is 7.05 Å². The summed E-state index contributed by atoms with van der Waals surface area (Å²) in [5, 5.41) is 11.7. The van der Waals surface area contributed by atoms with Crippen molar-refractivity contribution in [2.45, 2.75) is 4.90 Å². The Balaban J connectivity index is 1.39. The van der Waals surface area contributed by atoms with E-state index < -0.39 is 21.7 Å². The van der Waals surface area contributed by atoms with E-state index in [1.54, 1.807) is 25.2 Å². The number of hydrogen-bond acceptors (Lipinski definition) is 6. The molecule has 2 N–H and O–H groups in total. The van der Waals surface area contributed by atoms with Gasteiger partial charge in [-0.1, -0.05) is 23.2 Å². The summed E-state index contributed by atoms with van der Waals surface area (Å²) in [5.74, 6) is -0.815. The fourth-order valence-corrected chi connectivity index (χ4v) is 4.99. The molecule has 14 heteroatoms. The van der Waals surface area contributed by atoms with Crippen molar-refractivity contribution < 1.29 is 17.6 Å². The van der Waals surface area contributed by atoms with Crippen molar-refractivity contribution in [2.75, 3.05) is 10.0 Å². The van der Waals surface area contributed by atoms with E-state index in [2.05, 4.69) is 25.2 Å². The molecule has 0 radical (unpaired) electrons. The average molecular weight is 560 g/mol. The number of carbonyl (C=O) groups excluding carboxylic acids is 1. The maximum Gasteiger partial charge on any atom is 0.274 e. The number of pyridine rings is 1. The fourth-order valence-electron chi connectivity index (χ4n) is 3.62. The first-order chi connectivity index (χ1) is 17.6. The Morgan fingerprint density at radius 2 is 1.84 bits per heavy atom. The zero-order valence-corrected chi connectivity index (χ0v) is 21.2. The third kappa shape index (κ3) is 4.86. The number of nitrogens with one attached hydrogen (secondary N) is 2. The van der Waals surface area contributed by atoms with Crippen LogP contribution >= 0.6 is 23.2 Å². The third-order valence-corrected chi connectivity index (χ3v) is 7.22. The molecule has 0 aliphatic heterocycles. The van der Waals surface area contributed by atoms with Crippen molar-refractivity contribution in [1.29, 1.82) is 0 Å². The molecule has 0 spiro atoms. The second kappa shape index (κ2) is 9.47. The van der Waals surface area contributed by atoms with Crippen molar-refractivity contribution in [3.05, 3.63) is 88.7 Å². The van der Waals surface area contributed by atoms with Crippen molar-refractivity contribution in [3.63, 3.8) is 0 Å². The number of aromatic nitrogens is 5. The van der Waals surface area contributed by atoms with E-state index in [1.807, 2.05) is 0 Å². The van der Waals surface area contributed by atoms with Crippen LogP contribution in [0.15, 0.2) is 72.0 Å². The Bertz CT molecular complexity index is 1790. The summed E-state index contributed by atoms with van der Waals surface area (Å²) < 4.78 is 44.4. The number of nitrogens with zero attached hydrogens (tertiary/aromatic N) is 5. The number of halogens is 3. The van der Waals surface area contributed by atoms with Gasteiger partial charge in [-0.05, 0) is 48.5 Å². The minimum atomic E-state index is -4.01. The van der Waals surface area contributed by atoms with Crippen molar-refractivity contribution >= 4 is 61.4 Å². The van der Waals surface area contributed by atoms with Gasteiger partial charge in [0.15, 0.2) is 5.82 Å². The normalized spacial score (nSPS) is 11.6. The molecular weight excluding hydrogens is 544 g/mol. The van der Waals surface area contributed by atoms with Gasteiger partial charge in [-0.3, -0.25) is 14.2 Å². The largest absolute Gasteiger partial charge is 0.321 e. The predicted molar refractivity (Wildman–Crippen MR) is 137 cm³/mol. The lowest BCUT2D eigenvalue weighted by Gasteiger charge is -2.08. The summed E-state index contributed by atoms with van der Waals surface area (Å²) in [4.78, 5) is 16.9. The van der Waals surface area contributed by atoms with E-state index in [4.69, 9.17) is 23.2 Å². The topological polar surface area (TPSA) is 124 Å². The van der Waals surface area contributed by atoms with Gasteiger partial charge in [-0.15, -0.1) is 0 Å². The minimum absolute atomic E-state index is 0.103. The molecule has 10 nitrogen and oxygen atoms in total. The van der Waals surface area contributed by atoms with Crippen LogP contribution in [0, 0.1) is 5.82 Å². The smallest absolute Gasteiger partial charge is 0.274 e. The third-order valence-electron chi connectivity index (χ3n) is 5.30. The van der Waals surface area contributed by atoms with Crippen LogP contribution in [-0.4, -0.2) is 38.9 Å². The molecule has 0 fully saturated rings. The number of hydrogen-bond donors (Lipinski definition) is 2. The van der Waals surface area contributed by atoms with Gasteiger partial charge >= 0.3 is 0 Å². The maximum atomic E-state index is 13.4. The second-order valence-corrected chi connectivity index (χ2v) is 10.3. The Morgan fingerprint density at radius 1 is 1.05 bits per heavy atom. The van der Waals surface area contributed by atoms with Crippen LogP contribution in [0.4, 0.5) is 15.8 Å². The molecule has 0 saturated heterocycles. The molecule has 188 valence electrons. The molecule has 1 amide bonds. The first-order valence-electron chi connectivity index (χ1n) is 10.5. The van der Waals surface area contributed by atoms with Gasteiger partial charge < -0.3 is 5.32 Å². The molecule has 5 rings (SSSR count). The van der Waals surface area contributed by atoms with Crippen LogP contribution < -0.4 is 10.0 Å². The van der Waals surface area contributed by atoms with Gasteiger partial charge in [0.2, 0.25) is 0 Å². The minimum Gasteiger partial charge on any atom is -0.321 e. The summed E-state index contributed by atoms with van der Waals surface area (Å²) in [5.41, 5.74) is 1.13. The predicted octanol–water partition coefficient (Wildman–Crippen LogP) is 4.65. The summed E-state index contributed by atoms with van der Waals surface area (Å²) >= 11 is 11.9. The number of aryl methyl sites for hydroxylation is 1. The first-order valence-corrected chi connectivity index (χ1v) is 12.8. The molecular formula is C23H16Cl2FN7O3S. The van der Waals surface area contributed by atoms with Crippen LogP contribution in [-0.2, 0) is 17.1 Å². The zero-order valence-electron chi connectivity index (χ0n) is 18.9. The maximum absolute atomic E-state index is 13.4. The molecule has 3 heterocycles. The second-order valence-electron chi connectivity index (χ2n) is 7.82. The number of rotatable bonds is 6. The van der Waals surface area contributed by atoms with Gasteiger partial charge in [0, 0.05) is 24.3 Å². The average Bonchev–Trinajstić information content (AvgIpc) is 3.46.